The van der Waals surface area contributed by atoms with Crippen molar-refractivity contribution in [2.75, 3.05) is 6.61 Å². The van der Waals surface area contributed by atoms with Gasteiger partial charge in [-0.1, -0.05) is 12.2 Å². The predicted molar refractivity (Wildman–Crippen MR) is 56.9 cm³/mol. The molecule has 1 atom stereocenters. The first-order valence-electron chi connectivity index (χ1n) is 5.13. The van der Waals surface area contributed by atoms with Gasteiger partial charge in [-0.15, -0.1) is 0 Å². The van der Waals surface area contributed by atoms with Gasteiger partial charge in [0.25, 0.3) is 0 Å². The minimum Gasteiger partial charge on any atom is -0.371 e. The van der Waals surface area contributed by atoms with Gasteiger partial charge in [0.2, 0.25) is 0 Å². The molecule has 0 spiro atoms. The first kappa shape index (κ1) is 10.8. The van der Waals surface area contributed by atoms with Gasteiger partial charge in [-0.3, -0.25) is 14.8 Å². The second-order valence-corrected chi connectivity index (χ2v) is 3.65. The van der Waals surface area contributed by atoms with Crippen molar-refractivity contribution < 1.29 is 9.66 Å². The average molecular weight is 223 g/mol. The quantitative estimate of drug-likeness (QED) is 0.435. The van der Waals surface area contributed by atoms with E-state index in [0.29, 0.717) is 18.7 Å². The van der Waals surface area contributed by atoms with E-state index in [9.17, 15) is 10.1 Å². The van der Waals surface area contributed by atoms with Crippen molar-refractivity contribution in [1.29, 1.82) is 0 Å². The summed E-state index contributed by atoms with van der Waals surface area (Å²) in [6, 6.07) is 0. The van der Waals surface area contributed by atoms with Gasteiger partial charge in [-0.05, 0) is 12.8 Å². The molecular formula is C10H13N3O3. The highest BCUT2D eigenvalue weighted by molar-refractivity contribution is 5.35. The third-order valence-electron chi connectivity index (χ3n) is 2.59. The van der Waals surface area contributed by atoms with E-state index in [-0.39, 0.29) is 11.8 Å². The molecule has 0 saturated heterocycles. The maximum atomic E-state index is 10.8. The molecule has 6 nitrogen and oxygen atoms in total. The van der Waals surface area contributed by atoms with Crippen LogP contribution < -0.4 is 0 Å². The number of aryl methyl sites for hydroxylation is 1. The van der Waals surface area contributed by atoms with Gasteiger partial charge in [0.1, 0.15) is 18.0 Å². The lowest BCUT2D eigenvalue weighted by atomic mass is 10.1. The Balaban J connectivity index is 2.34. The summed E-state index contributed by atoms with van der Waals surface area (Å²) in [5.74, 6) is 0. The topological polar surface area (TPSA) is 70.2 Å². The zero-order chi connectivity index (χ0) is 11.5. The normalized spacial score (nSPS) is 20.7. The van der Waals surface area contributed by atoms with Crippen LogP contribution >= 0.6 is 0 Å². The zero-order valence-electron chi connectivity index (χ0n) is 9.00. The number of ether oxygens (including phenoxy) is 1. The smallest absolute Gasteiger partial charge is 0.312 e. The average Bonchev–Trinajstić information content (AvgIpc) is 2.50. The fraction of sp³-hybridized carbons (Fsp3) is 0.500. The Hall–Kier alpha value is -1.69. The molecule has 1 aliphatic heterocycles. The molecule has 0 bridgehead atoms. The van der Waals surface area contributed by atoms with Gasteiger partial charge >= 0.3 is 5.69 Å². The maximum Gasteiger partial charge on any atom is 0.312 e. The third kappa shape index (κ3) is 1.96. The molecule has 0 fully saturated rings. The minimum atomic E-state index is -0.416. The van der Waals surface area contributed by atoms with Crippen LogP contribution in [0.4, 0.5) is 5.69 Å². The molecule has 2 rings (SSSR count). The van der Waals surface area contributed by atoms with Crippen molar-refractivity contribution in [2.45, 2.75) is 18.9 Å². The lowest BCUT2D eigenvalue weighted by molar-refractivity contribution is -0.386. The molecule has 16 heavy (non-hydrogen) atoms. The molecule has 0 unspecified atom stereocenters. The summed E-state index contributed by atoms with van der Waals surface area (Å²) in [6.45, 7) is 0.587. The van der Waals surface area contributed by atoms with Gasteiger partial charge in [0.15, 0.2) is 0 Å². The number of nitro groups is 1. The van der Waals surface area contributed by atoms with E-state index in [1.54, 1.807) is 7.05 Å². The van der Waals surface area contributed by atoms with E-state index in [0.717, 1.165) is 6.42 Å². The van der Waals surface area contributed by atoms with Crippen molar-refractivity contribution in [3.63, 3.8) is 0 Å². The van der Waals surface area contributed by atoms with Gasteiger partial charge in [0.05, 0.1) is 11.5 Å². The Morgan fingerprint density at radius 3 is 3.19 bits per heavy atom. The highest BCUT2D eigenvalue weighted by atomic mass is 16.6. The van der Waals surface area contributed by atoms with E-state index in [1.165, 1.54) is 10.9 Å². The van der Waals surface area contributed by atoms with Crippen molar-refractivity contribution in [1.82, 2.24) is 9.78 Å². The molecule has 1 aliphatic rings. The van der Waals surface area contributed by atoms with Crippen LogP contribution in [-0.4, -0.2) is 21.3 Å². The lowest BCUT2D eigenvalue weighted by Crippen LogP contribution is -2.10. The summed E-state index contributed by atoms with van der Waals surface area (Å²) < 4.78 is 7.11. The molecule has 0 amide bonds. The van der Waals surface area contributed by atoms with E-state index in [2.05, 4.69) is 5.10 Å². The fourth-order valence-corrected chi connectivity index (χ4v) is 1.82. The van der Waals surface area contributed by atoms with E-state index in [4.69, 9.17) is 4.74 Å². The van der Waals surface area contributed by atoms with Gasteiger partial charge in [-0.25, -0.2) is 0 Å². The van der Waals surface area contributed by atoms with Crippen LogP contribution in [-0.2, 0) is 11.8 Å². The number of hydrogen-bond donors (Lipinski definition) is 0. The molecule has 0 aliphatic carbocycles. The van der Waals surface area contributed by atoms with Crippen molar-refractivity contribution in [3.8, 4) is 0 Å². The molecule has 0 N–H and O–H groups in total. The lowest BCUT2D eigenvalue weighted by Gasteiger charge is -2.13. The molecule has 1 aromatic heterocycles. The van der Waals surface area contributed by atoms with Gasteiger partial charge in [0, 0.05) is 7.05 Å². The van der Waals surface area contributed by atoms with Crippen LogP contribution in [0, 0.1) is 10.1 Å². The summed E-state index contributed by atoms with van der Waals surface area (Å²) >= 11 is 0. The summed E-state index contributed by atoms with van der Waals surface area (Å²) in [6.07, 6.45) is 6.53. The van der Waals surface area contributed by atoms with E-state index in [1.807, 2.05) is 12.2 Å². The zero-order valence-corrected chi connectivity index (χ0v) is 9.00. The summed E-state index contributed by atoms with van der Waals surface area (Å²) in [5, 5.41) is 14.8. The Labute approximate surface area is 92.7 Å². The predicted octanol–water partition coefficient (Wildman–Crippen LogP) is 1.74. The Morgan fingerprint density at radius 2 is 2.44 bits per heavy atom. The van der Waals surface area contributed by atoms with Crippen molar-refractivity contribution in [3.05, 3.63) is 34.2 Å². The Bertz CT molecular complexity index is 425. The molecule has 0 aromatic carbocycles. The second-order valence-electron chi connectivity index (χ2n) is 3.65. The first-order valence-corrected chi connectivity index (χ1v) is 5.13. The standard InChI is InChI=1S/C10H13N3O3/c1-12-10(8(7-11-12)13(14)15)9-5-3-2-4-6-16-9/h2-3,7,9H,4-6H2,1H3/t9-/m1/s1. The first-order chi connectivity index (χ1) is 7.70. The third-order valence-corrected chi connectivity index (χ3v) is 2.59. The van der Waals surface area contributed by atoms with Crippen molar-refractivity contribution in [2.24, 2.45) is 7.05 Å². The van der Waals surface area contributed by atoms with Crippen LogP contribution in [0.3, 0.4) is 0 Å². The molecule has 0 radical (unpaired) electrons. The monoisotopic (exact) mass is 223 g/mol. The summed E-state index contributed by atoms with van der Waals surface area (Å²) in [4.78, 5) is 10.4. The molecule has 2 heterocycles. The SMILES string of the molecule is Cn1ncc([N+](=O)[O-])c1[C@H]1CC=CCCO1. The van der Waals surface area contributed by atoms with Crippen LogP contribution in [0.1, 0.15) is 24.6 Å². The number of aromatic nitrogens is 2. The molecule has 1 aromatic rings. The number of nitrogens with zero attached hydrogens (tertiary/aromatic N) is 3. The van der Waals surface area contributed by atoms with E-state index < -0.39 is 4.92 Å². The Kier molecular flexibility index (Phi) is 3.00. The molecule has 86 valence electrons. The number of rotatable bonds is 2. The van der Waals surface area contributed by atoms with Gasteiger partial charge in [-0.2, -0.15) is 5.10 Å². The largest absolute Gasteiger partial charge is 0.371 e. The van der Waals surface area contributed by atoms with Crippen LogP contribution in [0.5, 0.6) is 0 Å². The number of hydrogen-bond acceptors (Lipinski definition) is 4. The molecular weight excluding hydrogens is 210 g/mol. The van der Waals surface area contributed by atoms with Crippen LogP contribution in [0.15, 0.2) is 18.3 Å². The highest BCUT2D eigenvalue weighted by Gasteiger charge is 2.27. The second kappa shape index (κ2) is 4.44. The Morgan fingerprint density at radius 1 is 1.62 bits per heavy atom. The van der Waals surface area contributed by atoms with Crippen LogP contribution in [0.25, 0.3) is 0 Å². The van der Waals surface area contributed by atoms with Gasteiger partial charge < -0.3 is 4.74 Å². The van der Waals surface area contributed by atoms with Crippen molar-refractivity contribution >= 4 is 5.69 Å². The molecule has 6 heteroatoms. The fourth-order valence-electron chi connectivity index (χ4n) is 1.82. The highest BCUT2D eigenvalue weighted by Crippen LogP contribution is 2.30. The van der Waals surface area contributed by atoms with Crippen LogP contribution in [0.2, 0.25) is 0 Å². The maximum absolute atomic E-state index is 10.8. The minimum absolute atomic E-state index is 0.0304. The molecule has 0 saturated carbocycles. The summed E-state index contributed by atoms with van der Waals surface area (Å²) in [5.41, 5.74) is 0.569. The summed E-state index contributed by atoms with van der Waals surface area (Å²) in [7, 11) is 1.69. The van der Waals surface area contributed by atoms with E-state index >= 15 is 0 Å².